The number of hydrogen-bond acceptors (Lipinski definition) is 3. The fraction of sp³-hybridized carbons (Fsp3) is 0.647. The summed E-state index contributed by atoms with van der Waals surface area (Å²) in [6, 6.07) is 3.53. The monoisotopic (exact) mass is 322 g/mol. The van der Waals surface area contributed by atoms with Crippen molar-refractivity contribution >= 4 is 17.5 Å². The van der Waals surface area contributed by atoms with Crippen LogP contribution < -0.4 is 4.74 Å². The molecule has 0 unspecified atom stereocenters. The van der Waals surface area contributed by atoms with Gasteiger partial charge in [-0.2, -0.15) is 0 Å². The number of carbonyl (C=O) groups excluding carboxylic acids is 1. The van der Waals surface area contributed by atoms with E-state index in [4.69, 9.17) is 16.3 Å². The molecule has 1 aromatic heterocycles. The molecule has 2 aliphatic rings. The molecule has 3 rings (SSSR count). The molecule has 0 atom stereocenters. The van der Waals surface area contributed by atoms with Crippen LogP contribution in [-0.4, -0.2) is 35.0 Å². The Bertz CT molecular complexity index is 511. The molecule has 1 amide bonds. The average Bonchev–Trinajstić information content (AvgIpc) is 2.51. The first kappa shape index (κ1) is 15.6. The molecule has 0 bridgehead atoms. The fourth-order valence-electron chi connectivity index (χ4n) is 3.29. The minimum Gasteiger partial charge on any atom is -0.470 e. The van der Waals surface area contributed by atoms with E-state index in [1.54, 1.807) is 18.3 Å². The van der Waals surface area contributed by atoms with Crippen molar-refractivity contribution in [3.05, 3.63) is 23.4 Å². The van der Waals surface area contributed by atoms with E-state index in [1.807, 2.05) is 4.90 Å². The van der Waals surface area contributed by atoms with Gasteiger partial charge in [0.15, 0.2) is 0 Å². The van der Waals surface area contributed by atoms with Gasteiger partial charge in [0, 0.05) is 12.6 Å². The summed E-state index contributed by atoms with van der Waals surface area (Å²) in [5.74, 6) is 1.49. The zero-order valence-corrected chi connectivity index (χ0v) is 13.6. The summed E-state index contributed by atoms with van der Waals surface area (Å²) in [6.45, 7) is 1.30. The van der Waals surface area contributed by atoms with Crippen LogP contribution in [-0.2, 0) is 4.79 Å². The molecule has 2 heterocycles. The van der Waals surface area contributed by atoms with Crippen molar-refractivity contribution < 1.29 is 9.53 Å². The minimum atomic E-state index is 0.0195. The van der Waals surface area contributed by atoms with E-state index < -0.39 is 0 Å². The number of aromatic nitrogens is 1. The van der Waals surface area contributed by atoms with Gasteiger partial charge in [0.05, 0.1) is 13.1 Å². The lowest BCUT2D eigenvalue weighted by Gasteiger charge is -2.39. The number of likely N-dealkylation sites (tertiary alicyclic amines) is 1. The van der Waals surface area contributed by atoms with Gasteiger partial charge in [0.1, 0.15) is 11.1 Å². The number of carbonyl (C=O) groups is 1. The van der Waals surface area contributed by atoms with Gasteiger partial charge in [-0.05, 0) is 24.5 Å². The number of halogens is 1. The first-order valence-corrected chi connectivity index (χ1v) is 8.65. The van der Waals surface area contributed by atoms with Crippen LogP contribution in [0.15, 0.2) is 18.3 Å². The van der Waals surface area contributed by atoms with Gasteiger partial charge in [0.2, 0.25) is 11.8 Å². The molecule has 4 nitrogen and oxygen atoms in total. The number of rotatable bonds is 5. The number of amides is 1. The normalized spacial score (nSPS) is 19.8. The Labute approximate surface area is 136 Å². The fourth-order valence-corrected chi connectivity index (χ4v) is 3.46. The van der Waals surface area contributed by atoms with Crippen LogP contribution in [0.1, 0.15) is 44.9 Å². The highest BCUT2D eigenvalue weighted by Gasteiger charge is 2.32. The highest BCUT2D eigenvalue weighted by molar-refractivity contribution is 6.31. The minimum absolute atomic E-state index is 0.0195. The molecule has 1 aliphatic carbocycles. The van der Waals surface area contributed by atoms with E-state index in [0.29, 0.717) is 30.4 Å². The van der Waals surface area contributed by atoms with E-state index in [9.17, 15) is 4.79 Å². The van der Waals surface area contributed by atoms with Gasteiger partial charge in [0.25, 0.3) is 0 Å². The van der Waals surface area contributed by atoms with Crippen LogP contribution in [0.5, 0.6) is 5.88 Å². The van der Waals surface area contributed by atoms with Crippen molar-refractivity contribution in [3.8, 4) is 5.88 Å². The van der Waals surface area contributed by atoms with Gasteiger partial charge in [-0.3, -0.25) is 4.79 Å². The van der Waals surface area contributed by atoms with E-state index in [1.165, 1.54) is 32.1 Å². The zero-order chi connectivity index (χ0) is 15.4. The Hall–Kier alpha value is -1.29. The van der Waals surface area contributed by atoms with Crippen LogP contribution in [0.4, 0.5) is 0 Å². The molecule has 0 N–H and O–H groups in total. The molecule has 1 aliphatic heterocycles. The Morgan fingerprint density at radius 1 is 1.32 bits per heavy atom. The molecule has 2 fully saturated rings. The van der Waals surface area contributed by atoms with Crippen molar-refractivity contribution in [1.82, 2.24) is 9.88 Å². The molecule has 1 saturated heterocycles. The molecular formula is C17H23ClN2O2. The van der Waals surface area contributed by atoms with Crippen molar-refractivity contribution in [2.75, 3.05) is 13.1 Å². The predicted molar refractivity (Wildman–Crippen MR) is 86.1 cm³/mol. The topological polar surface area (TPSA) is 42.4 Å². The van der Waals surface area contributed by atoms with Crippen LogP contribution in [0.25, 0.3) is 0 Å². The molecule has 1 saturated carbocycles. The van der Waals surface area contributed by atoms with E-state index in [2.05, 4.69) is 4.98 Å². The lowest BCUT2D eigenvalue weighted by Crippen LogP contribution is -2.56. The van der Waals surface area contributed by atoms with Gasteiger partial charge in [-0.1, -0.05) is 43.7 Å². The first-order chi connectivity index (χ1) is 10.7. The molecule has 0 aromatic carbocycles. The number of ether oxygens (including phenoxy) is 1. The summed E-state index contributed by atoms with van der Waals surface area (Å²) in [4.78, 5) is 18.2. The van der Waals surface area contributed by atoms with Gasteiger partial charge in [-0.15, -0.1) is 0 Å². The summed E-state index contributed by atoms with van der Waals surface area (Å²) in [6.07, 6.45) is 10.1. The van der Waals surface area contributed by atoms with Crippen molar-refractivity contribution in [3.63, 3.8) is 0 Å². The number of pyridine rings is 1. The standard InChI is InChI=1S/C17H23ClN2O2/c18-15-7-4-10-19-17(15)22-14-11-20(12-14)16(21)9-8-13-5-2-1-3-6-13/h4,7,10,13-14H,1-3,5-6,8-9,11-12H2. The van der Waals surface area contributed by atoms with Crippen LogP contribution in [0.2, 0.25) is 5.02 Å². The van der Waals surface area contributed by atoms with Gasteiger partial charge < -0.3 is 9.64 Å². The molecule has 1 aromatic rings. The van der Waals surface area contributed by atoms with E-state index in [-0.39, 0.29) is 12.0 Å². The van der Waals surface area contributed by atoms with Crippen LogP contribution in [0, 0.1) is 5.92 Å². The second-order valence-corrected chi connectivity index (χ2v) is 6.78. The van der Waals surface area contributed by atoms with Crippen molar-refractivity contribution in [2.45, 2.75) is 51.0 Å². The van der Waals surface area contributed by atoms with Crippen LogP contribution >= 0.6 is 11.6 Å². The Morgan fingerprint density at radius 3 is 2.82 bits per heavy atom. The summed E-state index contributed by atoms with van der Waals surface area (Å²) < 4.78 is 5.72. The molecule has 0 spiro atoms. The van der Waals surface area contributed by atoms with Crippen molar-refractivity contribution in [1.29, 1.82) is 0 Å². The molecule has 0 radical (unpaired) electrons. The van der Waals surface area contributed by atoms with Gasteiger partial charge >= 0.3 is 0 Å². The third-order valence-electron chi connectivity index (χ3n) is 4.69. The summed E-state index contributed by atoms with van der Waals surface area (Å²) in [7, 11) is 0. The third kappa shape index (κ3) is 3.92. The smallest absolute Gasteiger partial charge is 0.232 e. The van der Waals surface area contributed by atoms with Gasteiger partial charge in [-0.25, -0.2) is 4.98 Å². The lowest BCUT2D eigenvalue weighted by atomic mass is 9.86. The number of hydrogen-bond donors (Lipinski definition) is 0. The quantitative estimate of drug-likeness (QED) is 0.830. The SMILES string of the molecule is O=C(CCC1CCCCC1)N1CC(Oc2ncccc2Cl)C1. The highest BCUT2D eigenvalue weighted by Crippen LogP contribution is 2.28. The van der Waals surface area contributed by atoms with Crippen molar-refractivity contribution in [2.24, 2.45) is 5.92 Å². The van der Waals surface area contributed by atoms with E-state index in [0.717, 1.165) is 12.3 Å². The summed E-state index contributed by atoms with van der Waals surface area (Å²) in [5, 5.41) is 0.518. The maximum Gasteiger partial charge on any atom is 0.232 e. The second kappa shape index (κ2) is 7.32. The average molecular weight is 323 g/mol. The molecule has 22 heavy (non-hydrogen) atoms. The lowest BCUT2D eigenvalue weighted by molar-refractivity contribution is -0.140. The maximum absolute atomic E-state index is 12.2. The summed E-state index contributed by atoms with van der Waals surface area (Å²) in [5.41, 5.74) is 0. The largest absolute Gasteiger partial charge is 0.470 e. The molecule has 5 heteroatoms. The first-order valence-electron chi connectivity index (χ1n) is 8.27. The Balaban J connectivity index is 1.37. The Morgan fingerprint density at radius 2 is 2.09 bits per heavy atom. The predicted octanol–water partition coefficient (Wildman–Crippen LogP) is 3.69. The Kier molecular flexibility index (Phi) is 5.19. The van der Waals surface area contributed by atoms with Crippen LogP contribution in [0.3, 0.4) is 0 Å². The molecule has 120 valence electrons. The maximum atomic E-state index is 12.2. The van der Waals surface area contributed by atoms with E-state index >= 15 is 0 Å². The highest BCUT2D eigenvalue weighted by atomic mass is 35.5. The zero-order valence-electron chi connectivity index (χ0n) is 12.8. The third-order valence-corrected chi connectivity index (χ3v) is 4.98. The molecular weight excluding hydrogens is 300 g/mol. The second-order valence-electron chi connectivity index (χ2n) is 6.37. The number of nitrogens with zero attached hydrogens (tertiary/aromatic N) is 2. The summed E-state index contributed by atoms with van der Waals surface area (Å²) >= 11 is 6.02.